The summed E-state index contributed by atoms with van der Waals surface area (Å²) in [6.07, 6.45) is 0. The number of nitrogens with one attached hydrogen (secondary N) is 1. The molecule has 0 unspecified atom stereocenters. The van der Waals surface area contributed by atoms with Crippen LogP contribution in [0, 0.1) is 13.8 Å². The molecular formula is C11H15N. The monoisotopic (exact) mass is 161 g/mol. The third-order valence-electron chi connectivity index (χ3n) is 2.59. The average molecular weight is 161 g/mol. The highest BCUT2D eigenvalue weighted by molar-refractivity contribution is 5.70. The number of hydrogen-bond acceptors (Lipinski definition) is 1. The summed E-state index contributed by atoms with van der Waals surface area (Å²) in [5, 5.41) is 3.46. The predicted molar refractivity (Wildman–Crippen MR) is 52.6 cm³/mol. The van der Waals surface area contributed by atoms with Crippen LogP contribution in [-0.2, 0) is 5.54 Å². The Morgan fingerprint density at radius 2 is 1.83 bits per heavy atom. The van der Waals surface area contributed by atoms with Gasteiger partial charge in [-0.25, -0.2) is 0 Å². The second-order valence-corrected chi connectivity index (χ2v) is 4.25. The smallest absolute Gasteiger partial charge is 0.0589 e. The first-order chi connectivity index (χ1) is 5.50. The Hall–Kier alpha value is -0.980. The maximum absolute atomic E-state index is 3.46. The Morgan fingerprint density at radius 3 is 2.42 bits per heavy atom. The van der Waals surface area contributed by atoms with Gasteiger partial charge in [0.2, 0.25) is 0 Å². The zero-order chi connectivity index (χ0) is 8.93. The van der Waals surface area contributed by atoms with Crippen molar-refractivity contribution in [2.45, 2.75) is 33.2 Å². The quantitative estimate of drug-likeness (QED) is 0.617. The van der Waals surface area contributed by atoms with E-state index >= 15 is 0 Å². The number of benzene rings is 1. The second-order valence-electron chi connectivity index (χ2n) is 4.25. The van der Waals surface area contributed by atoms with Crippen LogP contribution in [-0.4, -0.2) is 0 Å². The molecule has 0 atom stereocenters. The molecule has 0 aliphatic carbocycles. The van der Waals surface area contributed by atoms with Crippen LogP contribution < -0.4 is 5.32 Å². The Labute approximate surface area is 73.8 Å². The highest BCUT2D eigenvalue weighted by Gasteiger charge is 2.33. The lowest BCUT2D eigenvalue weighted by atomic mass is 9.82. The van der Waals surface area contributed by atoms with E-state index in [4.69, 9.17) is 0 Å². The molecule has 0 fully saturated rings. The van der Waals surface area contributed by atoms with Crippen LogP contribution in [0.3, 0.4) is 0 Å². The minimum Gasteiger partial charge on any atom is -0.375 e. The van der Waals surface area contributed by atoms with Gasteiger partial charge in [0, 0.05) is 11.3 Å². The molecule has 1 nitrogen and oxygen atoms in total. The lowest BCUT2D eigenvalue weighted by Crippen LogP contribution is -2.38. The molecule has 0 saturated carbocycles. The fourth-order valence-corrected chi connectivity index (χ4v) is 1.94. The fourth-order valence-electron chi connectivity index (χ4n) is 1.94. The van der Waals surface area contributed by atoms with Crippen molar-refractivity contribution >= 4 is 5.69 Å². The van der Waals surface area contributed by atoms with Gasteiger partial charge in [-0.1, -0.05) is 17.7 Å². The molecule has 1 aliphatic heterocycles. The van der Waals surface area contributed by atoms with Crippen LogP contribution in [0.25, 0.3) is 0 Å². The Kier molecular flexibility index (Phi) is 1.30. The maximum atomic E-state index is 3.46. The standard InChI is InChI=1S/C11H15N/c1-7-5-8(2)10-9(6-7)11(3,4)12-10/h5-6,12H,1-4H3. The van der Waals surface area contributed by atoms with E-state index in [1.54, 1.807) is 0 Å². The van der Waals surface area contributed by atoms with Gasteiger partial charge in [-0.3, -0.25) is 0 Å². The molecule has 0 aromatic heterocycles. The molecule has 0 amide bonds. The Bertz CT molecular complexity index is 337. The first kappa shape index (κ1) is 7.66. The van der Waals surface area contributed by atoms with Crippen LogP contribution in [0.4, 0.5) is 5.69 Å². The normalized spacial score (nSPS) is 17.7. The second kappa shape index (κ2) is 2.03. The van der Waals surface area contributed by atoms with E-state index in [0.717, 1.165) is 0 Å². The zero-order valence-electron chi connectivity index (χ0n) is 8.15. The summed E-state index contributed by atoms with van der Waals surface area (Å²) in [5.74, 6) is 0. The fraction of sp³-hybridized carbons (Fsp3) is 0.455. The van der Waals surface area contributed by atoms with Gasteiger partial charge in [0.05, 0.1) is 5.54 Å². The molecule has 1 aromatic carbocycles. The molecule has 2 rings (SSSR count). The van der Waals surface area contributed by atoms with Gasteiger partial charge in [-0.15, -0.1) is 0 Å². The zero-order valence-corrected chi connectivity index (χ0v) is 8.15. The summed E-state index contributed by atoms with van der Waals surface area (Å²) in [7, 11) is 0. The van der Waals surface area contributed by atoms with E-state index in [1.807, 2.05) is 0 Å². The van der Waals surface area contributed by atoms with Crippen molar-refractivity contribution < 1.29 is 0 Å². The van der Waals surface area contributed by atoms with Crippen molar-refractivity contribution in [2.24, 2.45) is 0 Å². The van der Waals surface area contributed by atoms with Crippen molar-refractivity contribution in [1.82, 2.24) is 0 Å². The van der Waals surface area contributed by atoms with E-state index in [1.165, 1.54) is 22.4 Å². The lowest BCUT2D eigenvalue weighted by Gasteiger charge is -2.41. The van der Waals surface area contributed by atoms with Crippen LogP contribution in [0.2, 0.25) is 0 Å². The third kappa shape index (κ3) is 0.857. The summed E-state index contributed by atoms with van der Waals surface area (Å²) in [6, 6.07) is 4.50. The number of rotatable bonds is 0. The minimum atomic E-state index is 0.187. The number of fused-ring (bicyclic) bond motifs is 1. The molecule has 0 bridgehead atoms. The van der Waals surface area contributed by atoms with E-state index in [0.29, 0.717) is 0 Å². The van der Waals surface area contributed by atoms with Gasteiger partial charge < -0.3 is 5.32 Å². The summed E-state index contributed by atoms with van der Waals surface area (Å²) in [6.45, 7) is 8.75. The van der Waals surface area contributed by atoms with E-state index in [-0.39, 0.29) is 5.54 Å². The van der Waals surface area contributed by atoms with Crippen LogP contribution in [0.1, 0.15) is 30.5 Å². The van der Waals surface area contributed by atoms with E-state index in [2.05, 4.69) is 45.1 Å². The molecule has 12 heavy (non-hydrogen) atoms. The topological polar surface area (TPSA) is 12.0 Å². The Morgan fingerprint density at radius 1 is 1.17 bits per heavy atom. The van der Waals surface area contributed by atoms with Crippen molar-refractivity contribution in [2.75, 3.05) is 5.32 Å². The van der Waals surface area contributed by atoms with Crippen LogP contribution >= 0.6 is 0 Å². The molecule has 0 radical (unpaired) electrons. The molecule has 0 saturated heterocycles. The van der Waals surface area contributed by atoms with Gasteiger partial charge >= 0.3 is 0 Å². The summed E-state index contributed by atoms with van der Waals surface area (Å²) < 4.78 is 0. The summed E-state index contributed by atoms with van der Waals surface area (Å²) in [4.78, 5) is 0. The van der Waals surface area contributed by atoms with Gasteiger partial charge in [0.25, 0.3) is 0 Å². The minimum absolute atomic E-state index is 0.187. The number of hydrogen-bond donors (Lipinski definition) is 1. The molecule has 1 aromatic rings. The molecule has 1 aliphatic rings. The summed E-state index contributed by atoms with van der Waals surface area (Å²) in [5.41, 5.74) is 5.71. The molecule has 64 valence electrons. The maximum Gasteiger partial charge on any atom is 0.0589 e. The largest absolute Gasteiger partial charge is 0.375 e. The van der Waals surface area contributed by atoms with Gasteiger partial charge in [0.15, 0.2) is 0 Å². The SMILES string of the molecule is Cc1cc(C)c2c(c1)C(C)(C)N2. The van der Waals surface area contributed by atoms with E-state index in [9.17, 15) is 0 Å². The van der Waals surface area contributed by atoms with E-state index < -0.39 is 0 Å². The lowest BCUT2D eigenvalue weighted by molar-refractivity contribution is 0.561. The highest BCUT2D eigenvalue weighted by atomic mass is 15.0. The summed E-state index contributed by atoms with van der Waals surface area (Å²) >= 11 is 0. The van der Waals surface area contributed by atoms with Gasteiger partial charge in [0.1, 0.15) is 0 Å². The average Bonchev–Trinajstić information content (AvgIpc) is 1.94. The van der Waals surface area contributed by atoms with Crippen molar-refractivity contribution in [3.8, 4) is 0 Å². The molecular weight excluding hydrogens is 146 g/mol. The third-order valence-corrected chi connectivity index (χ3v) is 2.59. The van der Waals surface area contributed by atoms with Crippen molar-refractivity contribution in [3.05, 3.63) is 28.8 Å². The first-order valence-corrected chi connectivity index (χ1v) is 4.40. The number of aryl methyl sites for hydroxylation is 2. The predicted octanol–water partition coefficient (Wildman–Crippen LogP) is 2.96. The van der Waals surface area contributed by atoms with Crippen molar-refractivity contribution in [1.29, 1.82) is 0 Å². The number of anilines is 1. The molecule has 0 spiro atoms. The molecule has 1 heterocycles. The van der Waals surface area contributed by atoms with Crippen molar-refractivity contribution in [3.63, 3.8) is 0 Å². The van der Waals surface area contributed by atoms with Crippen LogP contribution in [0.5, 0.6) is 0 Å². The molecule has 1 N–H and O–H groups in total. The van der Waals surface area contributed by atoms with Crippen LogP contribution in [0.15, 0.2) is 12.1 Å². The van der Waals surface area contributed by atoms with Gasteiger partial charge in [-0.2, -0.15) is 0 Å². The van der Waals surface area contributed by atoms with Gasteiger partial charge in [-0.05, 0) is 33.3 Å². The highest BCUT2D eigenvalue weighted by Crippen LogP contribution is 2.43. The first-order valence-electron chi connectivity index (χ1n) is 4.40. The molecule has 1 heteroatoms. The Balaban J connectivity index is 2.60.